The summed E-state index contributed by atoms with van der Waals surface area (Å²) in [5.74, 6) is 0.620. The summed E-state index contributed by atoms with van der Waals surface area (Å²) in [7, 11) is 0. The number of aliphatic imine (C=N–C) groups is 1. The lowest BCUT2D eigenvalue weighted by Gasteiger charge is -2.19. The maximum Gasteiger partial charge on any atom is 0.305 e. The van der Waals surface area contributed by atoms with E-state index >= 15 is 0 Å². The third-order valence-corrected chi connectivity index (χ3v) is 3.21. The van der Waals surface area contributed by atoms with Crippen molar-refractivity contribution >= 4 is 41.8 Å². The predicted molar refractivity (Wildman–Crippen MR) is 108 cm³/mol. The maximum atomic E-state index is 11.9. The fourth-order valence-electron chi connectivity index (χ4n) is 2.01. The predicted octanol–water partition coefficient (Wildman–Crippen LogP) is 1.76. The van der Waals surface area contributed by atoms with Gasteiger partial charge in [-0.25, -0.2) is 0 Å². The molecule has 142 valence electrons. The van der Waals surface area contributed by atoms with Crippen LogP contribution in [0.2, 0.25) is 0 Å². The largest absolute Gasteiger partial charge is 0.466 e. The van der Waals surface area contributed by atoms with E-state index in [1.54, 1.807) is 6.92 Å². The van der Waals surface area contributed by atoms with E-state index in [4.69, 9.17) is 4.74 Å². The molecule has 0 heterocycles. The Morgan fingerprint density at radius 1 is 1.04 bits per heavy atom. The van der Waals surface area contributed by atoms with Crippen molar-refractivity contribution in [1.29, 1.82) is 0 Å². The SMILES string of the molecule is CCNC(=NCCCC(=O)OCC)NCCC(=O)N(CC)CC.I. The van der Waals surface area contributed by atoms with E-state index in [2.05, 4.69) is 15.6 Å². The normalized spacial score (nSPS) is 10.6. The molecule has 0 aromatic rings. The molecule has 8 heteroatoms. The molecule has 0 rings (SSSR count). The fraction of sp³-hybridized carbons (Fsp3) is 0.812. The number of hydrogen-bond acceptors (Lipinski definition) is 4. The third kappa shape index (κ3) is 12.4. The van der Waals surface area contributed by atoms with E-state index in [1.807, 2.05) is 25.7 Å². The number of carbonyl (C=O) groups is 2. The Morgan fingerprint density at radius 3 is 2.25 bits per heavy atom. The van der Waals surface area contributed by atoms with Crippen LogP contribution in [0.25, 0.3) is 0 Å². The van der Waals surface area contributed by atoms with Crippen LogP contribution in [0.1, 0.15) is 47.0 Å². The summed E-state index contributed by atoms with van der Waals surface area (Å²) in [5.41, 5.74) is 0. The molecule has 0 atom stereocenters. The summed E-state index contributed by atoms with van der Waals surface area (Å²) in [4.78, 5) is 29.4. The second kappa shape index (κ2) is 16.8. The molecular weight excluding hydrogens is 423 g/mol. The van der Waals surface area contributed by atoms with Gasteiger partial charge in [-0.3, -0.25) is 14.6 Å². The van der Waals surface area contributed by atoms with Gasteiger partial charge in [0.05, 0.1) is 6.61 Å². The summed E-state index contributed by atoms with van der Waals surface area (Å²) in [5, 5.41) is 6.27. The number of rotatable bonds is 11. The van der Waals surface area contributed by atoms with Crippen LogP contribution in [0.3, 0.4) is 0 Å². The van der Waals surface area contributed by atoms with E-state index in [1.165, 1.54) is 0 Å². The van der Waals surface area contributed by atoms with Crippen LogP contribution in [-0.2, 0) is 14.3 Å². The summed E-state index contributed by atoms with van der Waals surface area (Å²) in [6.45, 7) is 11.4. The van der Waals surface area contributed by atoms with E-state index in [-0.39, 0.29) is 35.9 Å². The topological polar surface area (TPSA) is 83.0 Å². The number of ether oxygens (including phenoxy) is 1. The molecule has 2 N–H and O–H groups in total. The minimum absolute atomic E-state index is 0. The molecule has 0 saturated carbocycles. The number of esters is 1. The lowest BCUT2D eigenvalue weighted by Crippen LogP contribution is -2.40. The number of amides is 1. The van der Waals surface area contributed by atoms with E-state index in [0.29, 0.717) is 44.9 Å². The molecule has 7 nitrogen and oxygen atoms in total. The molecular formula is C16H33IN4O3. The number of nitrogens with one attached hydrogen (secondary N) is 2. The lowest BCUT2D eigenvalue weighted by atomic mass is 10.3. The van der Waals surface area contributed by atoms with Gasteiger partial charge in [0.15, 0.2) is 5.96 Å². The highest BCUT2D eigenvalue weighted by Gasteiger charge is 2.09. The average molecular weight is 456 g/mol. The Balaban J connectivity index is 0. The van der Waals surface area contributed by atoms with Crippen LogP contribution in [0.5, 0.6) is 0 Å². The maximum absolute atomic E-state index is 11.9. The van der Waals surface area contributed by atoms with Crippen LogP contribution in [0.4, 0.5) is 0 Å². The summed E-state index contributed by atoms with van der Waals surface area (Å²) < 4.78 is 4.87. The first-order chi connectivity index (χ1) is 11.1. The molecule has 0 saturated heterocycles. The molecule has 0 bridgehead atoms. The summed E-state index contributed by atoms with van der Waals surface area (Å²) in [6.07, 6.45) is 1.46. The van der Waals surface area contributed by atoms with E-state index in [9.17, 15) is 9.59 Å². The Bertz CT molecular complexity index is 374. The molecule has 0 aromatic carbocycles. The standard InChI is InChI=1S/C16H32N4O3.HI/c1-5-17-16(18-12-9-10-15(22)23-8-4)19-13-11-14(21)20(6-2)7-3;/h5-13H2,1-4H3,(H2,17,18,19);1H. The zero-order valence-electron chi connectivity index (χ0n) is 15.4. The Morgan fingerprint density at radius 2 is 1.71 bits per heavy atom. The molecule has 0 aliphatic heterocycles. The van der Waals surface area contributed by atoms with Gasteiger partial charge in [0, 0.05) is 45.6 Å². The Kier molecular flexibility index (Phi) is 17.6. The number of hydrogen-bond donors (Lipinski definition) is 2. The van der Waals surface area contributed by atoms with Crippen molar-refractivity contribution < 1.29 is 14.3 Å². The van der Waals surface area contributed by atoms with Gasteiger partial charge in [-0.1, -0.05) is 0 Å². The van der Waals surface area contributed by atoms with Crippen molar-refractivity contribution in [2.45, 2.75) is 47.0 Å². The van der Waals surface area contributed by atoms with E-state index < -0.39 is 0 Å². The fourth-order valence-corrected chi connectivity index (χ4v) is 2.01. The van der Waals surface area contributed by atoms with Crippen molar-refractivity contribution in [1.82, 2.24) is 15.5 Å². The number of nitrogens with zero attached hydrogens (tertiary/aromatic N) is 2. The summed E-state index contributed by atoms with van der Waals surface area (Å²) in [6, 6.07) is 0. The van der Waals surface area contributed by atoms with Crippen LogP contribution >= 0.6 is 24.0 Å². The van der Waals surface area contributed by atoms with Crippen molar-refractivity contribution in [2.75, 3.05) is 39.3 Å². The first kappa shape index (κ1) is 25.2. The Labute approximate surface area is 163 Å². The van der Waals surface area contributed by atoms with Gasteiger partial charge in [0.2, 0.25) is 5.91 Å². The Hall–Kier alpha value is -1.06. The van der Waals surface area contributed by atoms with Gasteiger partial charge in [-0.15, -0.1) is 24.0 Å². The molecule has 0 aromatic heterocycles. The molecule has 0 spiro atoms. The van der Waals surface area contributed by atoms with Crippen LogP contribution in [-0.4, -0.2) is 62.1 Å². The first-order valence-corrected chi connectivity index (χ1v) is 8.54. The molecule has 0 aliphatic carbocycles. The van der Waals surface area contributed by atoms with Crippen molar-refractivity contribution in [3.8, 4) is 0 Å². The molecule has 24 heavy (non-hydrogen) atoms. The minimum atomic E-state index is -0.189. The van der Waals surface area contributed by atoms with Crippen molar-refractivity contribution in [3.63, 3.8) is 0 Å². The highest BCUT2D eigenvalue weighted by atomic mass is 127. The molecule has 1 amide bonds. The van der Waals surface area contributed by atoms with Gasteiger partial charge in [0.25, 0.3) is 0 Å². The molecule has 0 radical (unpaired) electrons. The first-order valence-electron chi connectivity index (χ1n) is 8.54. The van der Waals surface area contributed by atoms with Crippen molar-refractivity contribution in [2.24, 2.45) is 4.99 Å². The highest BCUT2D eigenvalue weighted by Crippen LogP contribution is 1.94. The number of halogens is 1. The van der Waals surface area contributed by atoms with Gasteiger partial charge < -0.3 is 20.3 Å². The zero-order valence-corrected chi connectivity index (χ0v) is 17.7. The quantitative estimate of drug-likeness (QED) is 0.163. The third-order valence-electron chi connectivity index (χ3n) is 3.21. The van der Waals surface area contributed by atoms with Gasteiger partial charge in [-0.05, 0) is 34.1 Å². The molecule has 0 unspecified atom stereocenters. The number of guanidine groups is 1. The number of carbonyl (C=O) groups excluding carboxylic acids is 2. The van der Waals surface area contributed by atoms with Gasteiger partial charge in [0.1, 0.15) is 0 Å². The van der Waals surface area contributed by atoms with Gasteiger partial charge >= 0.3 is 5.97 Å². The average Bonchev–Trinajstić information content (AvgIpc) is 2.53. The smallest absolute Gasteiger partial charge is 0.305 e. The second-order valence-corrected chi connectivity index (χ2v) is 4.91. The van der Waals surface area contributed by atoms with E-state index in [0.717, 1.165) is 19.6 Å². The highest BCUT2D eigenvalue weighted by molar-refractivity contribution is 14.0. The van der Waals surface area contributed by atoms with Crippen LogP contribution in [0.15, 0.2) is 4.99 Å². The monoisotopic (exact) mass is 456 g/mol. The molecule has 0 aliphatic rings. The molecule has 0 fully saturated rings. The van der Waals surface area contributed by atoms with Crippen LogP contribution < -0.4 is 10.6 Å². The second-order valence-electron chi connectivity index (χ2n) is 4.91. The lowest BCUT2D eigenvalue weighted by molar-refractivity contribution is -0.143. The zero-order chi connectivity index (χ0) is 17.5. The minimum Gasteiger partial charge on any atom is -0.466 e. The van der Waals surface area contributed by atoms with Gasteiger partial charge in [-0.2, -0.15) is 0 Å². The van der Waals surface area contributed by atoms with Crippen LogP contribution in [0, 0.1) is 0 Å². The van der Waals surface area contributed by atoms with Crippen molar-refractivity contribution in [3.05, 3.63) is 0 Å². The summed E-state index contributed by atoms with van der Waals surface area (Å²) >= 11 is 0.